The van der Waals surface area contributed by atoms with Gasteiger partial charge in [0.2, 0.25) is 5.88 Å². The lowest BCUT2D eigenvalue weighted by atomic mass is 10.2. The average Bonchev–Trinajstić information content (AvgIpc) is 2.47. The van der Waals surface area contributed by atoms with Gasteiger partial charge in [0.25, 0.3) is 0 Å². The van der Waals surface area contributed by atoms with Crippen LogP contribution < -0.4 is 10.5 Å². The summed E-state index contributed by atoms with van der Waals surface area (Å²) in [6.45, 7) is 2.37. The summed E-state index contributed by atoms with van der Waals surface area (Å²) in [5.41, 5.74) is 7.35. The summed E-state index contributed by atoms with van der Waals surface area (Å²) in [5, 5.41) is 0. The molecule has 0 radical (unpaired) electrons. The molecular weight excluding hydrogens is 256 g/mol. The van der Waals surface area contributed by atoms with Gasteiger partial charge >= 0.3 is 5.97 Å². The van der Waals surface area contributed by atoms with Crippen LogP contribution in [0, 0.1) is 0 Å². The molecular formula is C15H16N2O3. The molecule has 0 bridgehead atoms. The average molecular weight is 272 g/mol. The maximum atomic E-state index is 11.7. The number of hydrogen-bond donors (Lipinski definition) is 1. The van der Waals surface area contributed by atoms with E-state index in [0.29, 0.717) is 13.2 Å². The van der Waals surface area contributed by atoms with Crippen molar-refractivity contribution in [2.75, 3.05) is 12.3 Å². The molecule has 2 aromatic rings. The molecule has 1 aromatic carbocycles. The largest absolute Gasteiger partial charge is 0.471 e. The summed E-state index contributed by atoms with van der Waals surface area (Å²) >= 11 is 0. The van der Waals surface area contributed by atoms with Crippen molar-refractivity contribution in [3.63, 3.8) is 0 Å². The highest BCUT2D eigenvalue weighted by molar-refractivity contribution is 5.96. The Morgan fingerprint density at radius 1 is 1.25 bits per heavy atom. The normalized spacial score (nSPS) is 10.1. The zero-order valence-electron chi connectivity index (χ0n) is 11.2. The van der Waals surface area contributed by atoms with Crippen LogP contribution in [-0.2, 0) is 11.3 Å². The van der Waals surface area contributed by atoms with Crippen molar-refractivity contribution in [1.29, 1.82) is 0 Å². The molecule has 0 fully saturated rings. The van der Waals surface area contributed by atoms with Gasteiger partial charge in [0.1, 0.15) is 12.3 Å². The van der Waals surface area contributed by atoms with Gasteiger partial charge in [-0.3, -0.25) is 0 Å². The molecule has 0 atom stereocenters. The molecule has 0 unspecified atom stereocenters. The number of nitrogens with two attached hydrogens (primary N) is 1. The lowest BCUT2D eigenvalue weighted by Crippen LogP contribution is -2.10. The van der Waals surface area contributed by atoms with Crippen molar-refractivity contribution < 1.29 is 14.3 Å². The first-order chi connectivity index (χ1) is 9.72. The molecule has 0 aliphatic heterocycles. The van der Waals surface area contributed by atoms with Gasteiger partial charge in [-0.2, -0.15) is 0 Å². The number of carbonyl (C=O) groups excluding carboxylic acids is 1. The summed E-state index contributed by atoms with van der Waals surface area (Å²) in [5.74, 6) is -0.239. The van der Waals surface area contributed by atoms with Crippen LogP contribution in [-0.4, -0.2) is 17.6 Å². The van der Waals surface area contributed by atoms with Crippen molar-refractivity contribution in [2.45, 2.75) is 13.5 Å². The number of ether oxygens (including phenoxy) is 2. The van der Waals surface area contributed by atoms with Crippen LogP contribution in [0.4, 0.5) is 5.69 Å². The van der Waals surface area contributed by atoms with E-state index in [0.717, 1.165) is 5.56 Å². The van der Waals surface area contributed by atoms with Crippen LogP contribution in [0.15, 0.2) is 42.6 Å². The Hall–Kier alpha value is -2.56. The number of nitrogens with zero attached hydrogens (tertiary/aromatic N) is 1. The molecule has 0 saturated heterocycles. The van der Waals surface area contributed by atoms with E-state index in [9.17, 15) is 4.79 Å². The van der Waals surface area contributed by atoms with Crippen LogP contribution >= 0.6 is 0 Å². The van der Waals surface area contributed by atoms with E-state index in [1.54, 1.807) is 6.92 Å². The van der Waals surface area contributed by atoms with Crippen molar-refractivity contribution >= 4 is 11.7 Å². The monoisotopic (exact) mass is 272 g/mol. The van der Waals surface area contributed by atoms with Gasteiger partial charge in [-0.25, -0.2) is 9.78 Å². The molecule has 5 nitrogen and oxygen atoms in total. The topological polar surface area (TPSA) is 74.4 Å². The van der Waals surface area contributed by atoms with E-state index >= 15 is 0 Å². The Morgan fingerprint density at radius 2 is 2.00 bits per heavy atom. The van der Waals surface area contributed by atoms with E-state index in [1.165, 1.54) is 12.3 Å². The predicted octanol–water partition coefficient (Wildman–Crippen LogP) is 2.42. The second-order valence-electron chi connectivity index (χ2n) is 4.07. The third-order valence-electron chi connectivity index (χ3n) is 2.67. The molecule has 0 aliphatic carbocycles. The summed E-state index contributed by atoms with van der Waals surface area (Å²) < 4.78 is 10.5. The van der Waals surface area contributed by atoms with Gasteiger partial charge in [-0.1, -0.05) is 30.3 Å². The zero-order valence-corrected chi connectivity index (χ0v) is 11.2. The summed E-state index contributed by atoms with van der Waals surface area (Å²) in [6, 6.07) is 11.2. The molecule has 0 saturated carbocycles. The minimum absolute atomic E-state index is 0.196. The van der Waals surface area contributed by atoms with Gasteiger partial charge in [-0.05, 0) is 18.6 Å². The van der Waals surface area contributed by atoms with Crippen LogP contribution in [0.2, 0.25) is 0 Å². The van der Waals surface area contributed by atoms with E-state index in [4.69, 9.17) is 15.2 Å². The standard InChI is InChI=1S/C15H16N2O3/c1-2-19-15(18)12-8-9-17-14(13(12)16)20-10-11-6-4-3-5-7-11/h3-9H,2,10,16H2,1H3. The predicted molar refractivity (Wildman–Crippen MR) is 75.4 cm³/mol. The van der Waals surface area contributed by atoms with Crippen molar-refractivity contribution in [2.24, 2.45) is 0 Å². The molecule has 0 amide bonds. The fourth-order valence-electron chi connectivity index (χ4n) is 1.68. The summed E-state index contributed by atoms with van der Waals surface area (Å²) in [4.78, 5) is 15.7. The second kappa shape index (κ2) is 6.56. The number of rotatable bonds is 5. The van der Waals surface area contributed by atoms with Crippen LogP contribution in [0.25, 0.3) is 0 Å². The second-order valence-corrected chi connectivity index (χ2v) is 4.07. The van der Waals surface area contributed by atoms with Gasteiger partial charge in [0.15, 0.2) is 0 Å². The Labute approximate surface area is 117 Å². The highest BCUT2D eigenvalue weighted by Gasteiger charge is 2.15. The summed E-state index contributed by atoms with van der Waals surface area (Å²) in [6.07, 6.45) is 1.48. The van der Waals surface area contributed by atoms with Crippen molar-refractivity contribution in [3.8, 4) is 5.88 Å². The molecule has 0 spiro atoms. The third kappa shape index (κ3) is 3.26. The van der Waals surface area contributed by atoms with Gasteiger partial charge in [0.05, 0.1) is 12.2 Å². The Bertz CT molecular complexity index is 585. The third-order valence-corrected chi connectivity index (χ3v) is 2.67. The van der Waals surface area contributed by atoms with E-state index < -0.39 is 5.97 Å². The van der Waals surface area contributed by atoms with Gasteiger partial charge in [0, 0.05) is 6.20 Å². The maximum Gasteiger partial charge on any atom is 0.340 e. The van der Waals surface area contributed by atoms with E-state index in [2.05, 4.69) is 4.98 Å². The minimum atomic E-state index is -0.475. The Morgan fingerprint density at radius 3 is 2.70 bits per heavy atom. The van der Waals surface area contributed by atoms with E-state index in [-0.39, 0.29) is 17.1 Å². The maximum absolute atomic E-state index is 11.7. The van der Waals surface area contributed by atoms with Crippen LogP contribution in [0.5, 0.6) is 5.88 Å². The first-order valence-electron chi connectivity index (χ1n) is 6.30. The van der Waals surface area contributed by atoms with Crippen LogP contribution in [0.1, 0.15) is 22.8 Å². The highest BCUT2D eigenvalue weighted by atomic mass is 16.5. The molecule has 104 valence electrons. The lowest BCUT2D eigenvalue weighted by Gasteiger charge is -2.10. The Kier molecular flexibility index (Phi) is 4.55. The first kappa shape index (κ1) is 13.9. The fraction of sp³-hybridized carbons (Fsp3) is 0.200. The van der Waals surface area contributed by atoms with Crippen molar-refractivity contribution in [1.82, 2.24) is 4.98 Å². The molecule has 5 heteroatoms. The zero-order chi connectivity index (χ0) is 14.4. The number of benzene rings is 1. The molecule has 1 heterocycles. The quantitative estimate of drug-likeness (QED) is 0.846. The molecule has 2 rings (SSSR count). The molecule has 0 aliphatic rings. The number of aromatic nitrogens is 1. The Balaban J connectivity index is 2.12. The summed E-state index contributed by atoms with van der Waals surface area (Å²) in [7, 11) is 0. The number of esters is 1. The number of anilines is 1. The van der Waals surface area contributed by atoms with E-state index in [1.807, 2.05) is 30.3 Å². The van der Waals surface area contributed by atoms with Gasteiger partial charge < -0.3 is 15.2 Å². The minimum Gasteiger partial charge on any atom is -0.471 e. The highest BCUT2D eigenvalue weighted by Crippen LogP contribution is 2.23. The lowest BCUT2D eigenvalue weighted by molar-refractivity contribution is 0.0527. The molecule has 2 N–H and O–H groups in total. The number of nitrogen functional groups attached to an aromatic ring is 1. The smallest absolute Gasteiger partial charge is 0.340 e. The number of hydrogen-bond acceptors (Lipinski definition) is 5. The number of carbonyl (C=O) groups is 1. The number of pyridine rings is 1. The van der Waals surface area contributed by atoms with Crippen LogP contribution in [0.3, 0.4) is 0 Å². The molecule has 1 aromatic heterocycles. The molecule has 20 heavy (non-hydrogen) atoms. The SMILES string of the molecule is CCOC(=O)c1ccnc(OCc2ccccc2)c1N. The fourth-order valence-corrected chi connectivity index (χ4v) is 1.68. The van der Waals surface area contributed by atoms with Crippen molar-refractivity contribution in [3.05, 3.63) is 53.7 Å². The first-order valence-corrected chi connectivity index (χ1v) is 6.30. The van der Waals surface area contributed by atoms with Gasteiger partial charge in [-0.15, -0.1) is 0 Å².